The molecule has 1 aromatic heterocycles. The average molecular weight is 315 g/mol. The van der Waals surface area contributed by atoms with Crippen molar-refractivity contribution < 1.29 is 4.79 Å². The molecule has 116 valence electrons. The van der Waals surface area contributed by atoms with Gasteiger partial charge in [0.2, 0.25) is 5.91 Å². The second-order valence-corrected chi connectivity index (χ2v) is 5.96. The van der Waals surface area contributed by atoms with E-state index in [2.05, 4.69) is 10.4 Å². The molecule has 1 amide bonds. The lowest BCUT2D eigenvalue weighted by Crippen LogP contribution is -2.15. The number of hydrogen-bond donors (Lipinski definition) is 1. The predicted octanol–water partition coefficient (Wildman–Crippen LogP) is 3.74. The molecule has 1 N–H and O–H groups in total. The molecule has 0 atom stereocenters. The molecular formula is C17H21N3OS. The topological polar surface area (TPSA) is 46.9 Å². The molecule has 0 aliphatic carbocycles. The van der Waals surface area contributed by atoms with Crippen molar-refractivity contribution >= 4 is 23.4 Å². The molecule has 0 fully saturated rings. The molecule has 2 aromatic rings. The molecule has 4 nitrogen and oxygen atoms in total. The first-order valence-corrected chi connectivity index (χ1v) is 8.39. The molecule has 1 aromatic carbocycles. The van der Waals surface area contributed by atoms with Crippen LogP contribution in [0.1, 0.15) is 18.3 Å². The number of anilines is 1. The van der Waals surface area contributed by atoms with Crippen molar-refractivity contribution in [2.24, 2.45) is 0 Å². The molecule has 5 heteroatoms. The fourth-order valence-corrected chi connectivity index (χ4v) is 2.84. The molecule has 0 saturated heterocycles. The molecule has 0 aliphatic heterocycles. The van der Waals surface area contributed by atoms with Crippen LogP contribution in [0, 0.1) is 13.8 Å². The van der Waals surface area contributed by atoms with Gasteiger partial charge in [0.1, 0.15) is 0 Å². The van der Waals surface area contributed by atoms with Gasteiger partial charge in [0, 0.05) is 5.75 Å². The van der Waals surface area contributed by atoms with Crippen LogP contribution in [-0.4, -0.2) is 27.2 Å². The first-order chi connectivity index (χ1) is 10.6. The predicted molar refractivity (Wildman–Crippen MR) is 93.8 cm³/mol. The Balaban J connectivity index is 2.09. The number of nitrogens with one attached hydrogen (secondary N) is 1. The number of aryl methyl sites for hydroxylation is 1. The quantitative estimate of drug-likeness (QED) is 0.652. The van der Waals surface area contributed by atoms with Gasteiger partial charge in [0.15, 0.2) is 0 Å². The Morgan fingerprint density at radius 3 is 2.73 bits per heavy atom. The highest BCUT2D eigenvalue weighted by Crippen LogP contribution is 2.22. The first-order valence-electron chi connectivity index (χ1n) is 7.24. The largest absolute Gasteiger partial charge is 0.322 e. The fraction of sp³-hybridized carbons (Fsp3) is 0.294. The maximum Gasteiger partial charge on any atom is 0.234 e. The van der Waals surface area contributed by atoms with Crippen LogP contribution in [0.5, 0.6) is 0 Å². The number of amides is 1. The van der Waals surface area contributed by atoms with Crippen molar-refractivity contribution in [2.45, 2.75) is 20.8 Å². The molecule has 1 heterocycles. The highest BCUT2D eigenvalue weighted by atomic mass is 32.2. The van der Waals surface area contributed by atoms with E-state index in [1.165, 1.54) is 0 Å². The first kappa shape index (κ1) is 16.4. The van der Waals surface area contributed by atoms with Gasteiger partial charge in [-0.3, -0.25) is 4.79 Å². The van der Waals surface area contributed by atoms with Crippen LogP contribution in [0.25, 0.3) is 5.69 Å². The summed E-state index contributed by atoms with van der Waals surface area (Å²) in [6.07, 6.45) is 4.03. The van der Waals surface area contributed by atoms with Crippen LogP contribution in [0.15, 0.2) is 42.5 Å². The van der Waals surface area contributed by atoms with E-state index < -0.39 is 0 Å². The molecule has 2 rings (SSSR count). The maximum atomic E-state index is 12.0. The number of hydrogen-bond acceptors (Lipinski definition) is 3. The zero-order valence-corrected chi connectivity index (χ0v) is 14.0. The third-order valence-electron chi connectivity index (χ3n) is 3.24. The van der Waals surface area contributed by atoms with Crippen molar-refractivity contribution in [3.63, 3.8) is 0 Å². The Morgan fingerprint density at radius 1 is 1.32 bits per heavy atom. The summed E-state index contributed by atoms with van der Waals surface area (Å²) in [6, 6.07) is 9.92. The van der Waals surface area contributed by atoms with Crippen LogP contribution in [0.4, 0.5) is 5.69 Å². The fourth-order valence-electron chi connectivity index (χ4n) is 2.14. The summed E-state index contributed by atoms with van der Waals surface area (Å²) in [5.74, 6) is 1.30. The van der Waals surface area contributed by atoms with Gasteiger partial charge < -0.3 is 5.32 Å². The van der Waals surface area contributed by atoms with Gasteiger partial charge in [-0.2, -0.15) is 5.10 Å². The molecule has 0 unspecified atom stereocenters. The summed E-state index contributed by atoms with van der Waals surface area (Å²) >= 11 is 1.59. The number of thioether (sulfide) groups is 1. The van der Waals surface area contributed by atoms with Crippen molar-refractivity contribution in [3.8, 4) is 5.69 Å². The molecular weight excluding hydrogens is 294 g/mol. The lowest BCUT2D eigenvalue weighted by molar-refractivity contribution is -0.113. The smallest absolute Gasteiger partial charge is 0.234 e. The second-order valence-electron chi connectivity index (χ2n) is 4.93. The summed E-state index contributed by atoms with van der Waals surface area (Å²) in [5, 5.41) is 7.51. The summed E-state index contributed by atoms with van der Waals surface area (Å²) in [4.78, 5) is 12.0. The maximum absolute atomic E-state index is 12.0. The minimum absolute atomic E-state index is 0.00770. The van der Waals surface area contributed by atoms with Crippen molar-refractivity contribution in [2.75, 3.05) is 16.8 Å². The highest BCUT2D eigenvalue weighted by molar-refractivity contribution is 8.00. The van der Waals surface area contributed by atoms with Gasteiger partial charge in [0.05, 0.1) is 28.5 Å². The third kappa shape index (κ3) is 4.01. The van der Waals surface area contributed by atoms with Crippen LogP contribution in [-0.2, 0) is 4.79 Å². The monoisotopic (exact) mass is 315 g/mol. The Kier molecular flexibility index (Phi) is 5.83. The molecule has 0 radical (unpaired) electrons. The van der Waals surface area contributed by atoms with Gasteiger partial charge in [-0.15, -0.1) is 11.8 Å². The van der Waals surface area contributed by atoms with E-state index in [-0.39, 0.29) is 5.91 Å². The number of carbonyl (C=O) groups is 1. The molecule has 0 aliphatic rings. The number of aromatic nitrogens is 2. The molecule has 22 heavy (non-hydrogen) atoms. The second kappa shape index (κ2) is 7.84. The highest BCUT2D eigenvalue weighted by Gasteiger charge is 2.14. The number of nitrogens with zero attached hydrogens (tertiary/aromatic N) is 2. The normalized spacial score (nSPS) is 11.0. The van der Waals surface area contributed by atoms with Gasteiger partial charge >= 0.3 is 0 Å². The van der Waals surface area contributed by atoms with Crippen molar-refractivity contribution in [1.29, 1.82) is 0 Å². The van der Waals surface area contributed by atoms with E-state index in [0.717, 1.165) is 28.5 Å². The molecule has 0 spiro atoms. The lowest BCUT2D eigenvalue weighted by atomic mass is 10.3. The summed E-state index contributed by atoms with van der Waals surface area (Å²) in [7, 11) is 0. The third-order valence-corrected chi connectivity index (χ3v) is 4.13. The molecule has 0 bridgehead atoms. The standard InChI is InChI=1S/C17H21N3OS/c1-4-5-11-22-12-16(21)18-17-13(2)19-20(14(17)3)15-9-7-6-8-10-15/h4-10H,11-12H2,1-3H3,(H,18,21). The van der Waals surface area contributed by atoms with Crippen LogP contribution in [0.3, 0.4) is 0 Å². The van der Waals surface area contributed by atoms with E-state index in [4.69, 9.17) is 0 Å². The summed E-state index contributed by atoms with van der Waals surface area (Å²) < 4.78 is 1.86. The van der Waals surface area contributed by atoms with E-state index in [9.17, 15) is 4.79 Å². The van der Waals surface area contributed by atoms with E-state index in [1.807, 2.05) is 67.9 Å². The van der Waals surface area contributed by atoms with Gasteiger partial charge in [0.25, 0.3) is 0 Å². The Morgan fingerprint density at radius 2 is 2.05 bits per heavy atom. The molecule has 0 saturated carbocycles. The van der Waals surface area contributed by atoms with Gasteiger partial charge in [-0.1, -0.05) is 30.4 Å². The van der Waals surface area contributed by atoms with Crippen LogP contribution < -0.4 is 5.32 Å². The minimum Gasteiger partial charge on any atom is -0.322 e. The lowest BCUT2D eigenvalue weighted by Gasteiger charge is -2.06. The zero-order valence-electron chi connectivity index (χ0n) is 13.2. The number of para-hydroxylation sites is 1. The summed E-state index contributed by atoms with van der Waals surface area (Å²) in [5.41, 5.74) is 3.57. The Hall–Kier alpha value is -2.01. The number of allylic oxidation sites excluding steroid dienone is 1. The number of rotatable bonds is 6. The van der Waals surface area contributed by atoms with Crippen LogP contribution in [0.2, 0.25) is 0 Å². The number of benzene rings is 1. The van der Waals surface area contributed by atoms with Gasteiger partial charge in [-0.25, -0.2) is 4.68 Å². The number of carbonyl (C=O) groups excluding carboxylic acids is 1. The average Bonchev–Trinajstić information content (AvgIpc) is 2.80. The summed E-state index contributed by atoms with van der Waals surface area (Å²) in [6.45, 7) is 5.86. The van der Waals surface area contributed by atoms with E-state index >= 15 is 0 Å². The van der Waals surface area contributed by atoms with Crippen molar-refractivity contribution in [3.05, 3.63) is 53.9 Å². The van der Waals surface area contributed by atoms with Crippen LogP contribution >= 0.6 is 11.8 Å². The Bertz CT molecular complexity index is 662. The van der Waals surface area contributed by atoms with E-state index in [1.54, 1.807) is 11.8 Å². The van der Waals surface area contributed by atoms with Crippen molar-refractivity contribution in [1.82, 2.24) is 9.78 Å². The van der Waals surface area contributed by atoms with Gasteiger partial charge in [-0.05, 0) is 32.9 Å². The Labute approximate surface area is 135 Å². The minimum atomic E-state index is 0.00770. The SMILES string of the molecule is CC=CCSCC(=O)Nc1c(C)nn(-c2ccccc2)c1C. The van der Waals surface area contributed by atoms with E-state index in [0.29, 0.717) is 5.75 Å². The zero-order chi connectivity index (χ0) is 15.9.